The van der Waals surface area contributed by atoms with Crippen LogP contribution in [0.5, 0.6) is 0 Å². The molecular formula is C37H43B2NO4. The van der Waals surface area contributed by atoms with Crippen molar-refractivity contribution in [3.8, 4) is 22.4 Å². The van der Waals surface area contributed by atoms with E-state index >= 15 is 0 Å². The van der Waals surface area contributed by atoms with Crippen LogP contribution in [0.3, 0.4) is 0 Å². The van der Waals surface area contributed by atoms with E-state index in [4.69, 9.17) is 23.6 Å². The lowest BCUT2D eigenvalue weighted by atomic mass is 9.70. The maximum Gasteiger partial charge on any atom is 0.494 e. The van der Waals surface area contributed by atoms with Gasteiger partial charge in [0.05, 0.1) is 28.1 Å². The molecule has 3 aromatic carbocycles. The summed E-state index contributed by atoms with van der Waals surface area (Å²) in [5, 5.41) is 0. The smallest absolute Gasteiger partial charge is 0.399 e. The number of hydrogen-bond acceptors (Lipinski definition) is 5. The Balaban J connectivity index is 1.23. The van der Waals surface area contributed by atoms with Gasteiger partial charge in [0.25, 0.3) is 0 Å². The molecule has 0 amide bonds. The second-order valence-electron chi connectivity index (χ2n) is 14.2. The van der Waals surface area contributed by atoms with Gasteiger partial charge < -0.3 is 18.6 Å². The van der Waals surface area contributed by atoms with Crippen LogP contribution in [0, 0.1) is 0 Å². The van der Waals surface area contributed by atoms with Gasteiger partial charge in [0.15, 0.2) is 0 Å². The first-order valence-electron chi connectivity index (χ1n) is 15.7. The number of pyridine rings is 1. The van der Waals surface area contributed by atoms with E-state index in [1.165, 1.54) is 22.3 Å². The number of rotatable bonds is 7. The average Bonchev–Trinajstić information content (AvgIpc) is 3.36. The Labute approximate surface area is 263 Å². The molecule has 2 fully saturated rings. The maximum atomic E-state index is 6.45. The highest BCUT2D eigenvalue weighted by Crippen LogP contribution is 2.38. The molecule has 0 bridgehead atoms. The van der Waals surface area contributed by atoms with E-state index in [0.717, 1.165) is 35.0 Å². The molecule has 3 heterocycles. The Morgan fingerprint density at radius 1 is 0.500 bits per heavy atom. The van der Waals surface area contributed by atoms with Crippen LogP contribution in [0.4, 0.5) is 0 Å². The molecule has 4 aromatic rings. The largest absolute Gasteiger partial charge is 0.494 e. The summed E-state index contributed by atoms with van der Waals surface area (Å²) >= 11 is 0. The lowest BCUT2D eigenvalue weighted by Crippen LogP contribution is -2.41. The molecule has 0 spiro atoms. The SMILES string of the molecule is CC1(C)OB(c2cc(CCc3ccc(-c4cccc(-c5ccccc5)c4)nc3)cc(B3OC(C)(C)C(C)(C)O3)c2)OC1(C)C. The third kappa shape index (κ3) is 6.03. The van der Waals surface area contributed by atoms with E-state index in [9.17, 15) is 0 Å². The number of benzene rings is 3. The van der Waals surface area contributed by atoms with E-state index in [1.54, 1.807) is 0 Å². The van der Waals surface area contributed by atoms with Crippen molar-refractivity contribution in [1.82, 2.24) is 4.98 Å². The van der Waals surface area contributed by atoms with Crippen molar-refractivity contribution in [3.63, 3.8) is 0 Å². The molecule has 7 heteroatoms. The number of hydrogen-bond donors (Lipinski definition) is 0. The predicted molar refractivity (Wildman–Crippen MR) is 180 cm³/mol. The molecule has 44 heavy (non-hydrogen) atoms. The summed E-state index contributed by atoms with van der Waals surface area (Å²) in [6, 6.07) is 29.8. The topological polar surface area (TPSA) is 49.8 Å². The molecule has 2 aliphatic rings. The number of aromatic nitrogens is 1. The highest BCUT2D eigenvalue weighted by Gasteiger charge is 2.54. The van der Waals surface area contributed by atoms with Crippen LogP contribution in [0.15, 0.2) is 91.1 Å². The van der Waals surface area contributed by atoms with Crippen molar-refractivity contribution in [2.24, 2.45) is 0 Å². The molecule has 0 unspecified atom stereocenters. The Morgan fingerprint density at radius 2 is 1.00 bits per heavy atom. The normalized spacial score (nSPS) is 19.8. The van der Waals surface area contributed by atoms with Crippen molar-refractivity contribution in [1.29, 1.82) is 0 Å². The summed E-state index contributed by atoms with van der Waals surface area (Å²) in [4.78, 5) is 4.84. The lowest BCUT2D eigenvalue weighted by Gasteiger charge is -2.32. The van der Waals surface area contributed by atoms with Gasteiger partial charge in [-0.2, -0.15) is 0 Å². The van der Waals surface area contributed by atoms with Gasteiger partial charge >= 0.3 is 14.2 Å². The van der Waals surface area contributed by atoms with E-state index in [-0.39, 0.29) is 0 Å². The fraction of sp³-hybridized carbons (Fsp3) is 0.378. The first kappa shape index (κ1) is 30.8. The third-order valence-corrected chi connectivity index (χ3v) is 9.88. The highest BCUT2D eigenvalue weighted by molar-refractivity contribution is 6.66. The molecule has 0 radical (unpaired) electrons. The van der Waals surface area contributed by atoms with Gasteiger partial charge in [-0.25, -0.2) is 0 Å². The van der Waals surface area contributed by atoms with Gasteiger partial charge in [-0.05, 0) is 114 Å². The second kappa shape index (κ2) is 11.3. The van der Waals surface area contributed by atoms with Crippen molar-refractivity contribution in [2.75, 3.05) is 0 Å². The molecule has 0 N–H and O–H groups in total. The van der Waals surface area contributed by atoms with E-state index in [2.05, 4.69) is 134 Å². The monoisotopic (exact) mass is 587 g/mol. The van der Waals surface area contributed by atoms with Crippen molar-refractivity contribution < 1.29 is 18.6 Å². The molecule has 0 saturated carbocycles. The minimum absolute atomic E-state index is 0.424. The molecule has 1 aromatic heterocycles. The average molecular weight is 587 g/mol. The van der Waals surface area contributed by atoms with Crippen LogP contribution in [0.1, 0.15) is 66.5 Å². The van der Waals surface area contributed by atoms with Crippen LogP contribution < -0.4 is 10.9 Å². The third-order valence-electron chi connectivity index (χ3n) is 9.88. The molecule has 0 atom stereocenters. The van der Waals surface area contributed by atoms with Crippen molar-refractivity contribution in [3.05, 3.63) is 102 Å². The molecule has 6 rings (SSSR count). The molecule has 5 nitrogen and oxygen atoms in total. The minimum Gasteiger partial charge on any atom is -0.399 e. The van der Waals surface area contributed by atoms with Crippen LogP contribution >= 0.6 is 0 Å². The van der Waals surface area contributed by atoms with E-state index < -0.39 is 36.6 Å². The summed E-state index contributed by atoms with van der Waals surface area (Å²) in [7, 11) is -0.928. The van der Waals surface area contributed by atoms with Crippen LogP contribution in [0.2, 0.25) is 0 Å². The summed E-state index contributed by atoms with van der Waals surface area (Å²) in [5.41, 5.74) is 7.11. The Bertz CT molecular complexity index is 1550. The van der Waals surface area contributed by atoms with Gasteiger partial charge in [0, 0.05) is 11.8 Å². The van der Waals surface area contributed by atoms with Gasteiger partial charge in [-0.15, -0.1) is 0 Å². The Hall–Kier alpha value is -3.22. The fourth-order valence-corrected chi connectivity index (χ4v) is 5.64. The zero-order valence-electron chi connectivity index (χ0n) is 27.3. The quantitative estimate of drug-likeness (QED) is 0.223. The molecule has 0 aliphatic carbocycles. The maximum absolute atomic E-state index is 6.45. The van der Waals surface area contributed by atoms with Crippen molar-refractivity contribution >= 4 is 25.2 Å². The number of nitrogens with zero attached hydrogens (tertiary/aromatic N) is 1. The first-order valence-corrected chi connectivity index (χ1v) is 15.7. The molecule has 2 saturated heterocycles. The fourth-order valence-electron chi connectivity index (χ4n) is 5.64. The van der Waals surface area contributed by atoms with Crippen LogP contribution in [0.25, 0.3) is 22.4 Å². The standard InChI is InChI=1S/C37H43B2NO4/c1-34(2)35(3,4)42-38(41-34)31-21-27(22-32(24-31)39-43-36(5,6)37(7,8)44-39)18-17-26-19-20-33(40-25-26)30-16-12-15-29(23-30)28-13-10-9-11-14-28/h9-16,19-25H,17-18H2,1-8H3. The van der Waals surface area contributed by atoms with Gasteiger partial charge in [-0.3, -0.25) is 4.98 Å². The summed E-state index contributed by atoms with van der Waals surface area (Å²) in [5.74, 6) is 0. The second-order valence-corrected chi connectivity index (χ2v) is 14.2. The summed E-state index contributed by atoms with van der Waals surface area (Å²) in [6.07, 6.45) is 3.69. The number of aryl methyl sites for hydroxylation is 2. The zero-order valence-corrected chi connectivity index (χ0v) is 27.3. The van der Waals surface area contributed by atoms with Gasteiger partial charge in [0.1, 0.15) is 0 Å². The predicted octanol–water partition coefficient (Wildman–Crippen LogP) is 6.80. The lowest BCUT2D eigenvalue weighted by molar-refractivity contribution is 0.00578. The van der Waals surface area contributed by atoms with E-state index in [0.29, 0.717) is 0 Å². The molecular weight excluding hydrogens is 544 g/mol. The summed E-state index contributed by atoms with van der Waals surface area (Å²) in [6.45, 7) is 16.7. The van der Waals surface area contributed by atoms with Crippen molar-refractivity contribution in [2.45, 2.75) is 90.6 Å². The Morgan fingerprint density at radius 3 is 1.52 bits per heavy atom. The first-order chi connectivity index (χ1) is 20.7. The zero-order chi connectivity index (χ0) is 31.3. The van der Waals surface area contributed by atoms with E-state index in [1.807, 2.05) is 12.3 Å². The van der Waals surface area contributed by atoms with Gasteiger partial charge in [-0.1, -0.05) is 72.8 Å². The highest BCUT2D eigenvalue weighted by atomic mass is 16.7. The van der Waals surface area contributed by atoms with Gasteiger partial charge in [0.2, 0.25) is 0 Å². The molecule has 226 valence electrons. The van der Waals surface area contributed by atoms with Crippen LogP contribution in [-0.4, -0.2) is 41.6 Å². The molecule has 2 aliphatic heterocycles. The van der Waals surface area contributed by atoms with Crippen LogP contribution in [-0.2, 0) is 31.5 Å². The minimum atomic E-state index is -0.464. The summed E-state index contributed by atoms with van der Waals surface area (Å²) < 4.78 is 25.8. The Kier molecular flexibility index (Phi) is 7.90.